The van der Waals surface area contributed by atoms with Crippen molar-refractivity contribution < 1.29 is 13.2 Å². The second-order valence-electron chi connectivity index (χ2n) is 7.24. The lowest BCUT2D eigenvalue weighted by molar-refractivity contribution is 0.000519. The fourth-order valence-corrected chi connectivity index (χ4v) is 4.45. The molecule has 2 heterocycles. The second kappa shape index (κ2) is 9.48. The van der Waals surface area contributed by atoms with Crippen LogP contribution in [0.15, 0.2) is 0 Å². The summed E-state index contributed by atoms with van der Waals surface area (Å²) >= 11 is 0. The molecule has 0 aromatic heterocycles. The van der Waals surface area contributed by atoms with Crippen LogP contribution < -0.4 is 4.72 Å². The first kappa shape index (κ1) is 20.1. The molecule has 2 rings (SSSR count). The van der Waals surface area contributed by atoms with E-state index in [4.69, 9.17) is 4.74 Å². The first-order valence-corrected chi connectivity index (χ1v) is 11.1. The molecule has 2 fully saturated rings. The topological polar surface area (TPSA) is 61.9 Å². The Balaban J connectivity index is 1.93. The number of nitrogens with zero attached hydrogens (tertiary/aromatic N) is 2. The lowest BCUT2D eigenvalue weighted by Crippen LogP contribution is -2.53. The summed E-state index contributed by atoms with van der Waals surface area (Å²) in [6.07, 6.45) is 4.47. The molecule has 0 saturated carbocycles. The van der Waals surface area contributed by atoms with Crippen LogP contribution in [0.2, 0.25) is 0 Å². The summed E-state index contributed by atoms with van der Waals surface area (Å²) in [6.45, 7) is 11.4. The Bertz CT molecular complexity index is 456. The van der Waals surface area contributed by atoms with Gasteiger partial charge in [0.2, 0.25) is 10.0 Å². The second-order valence-corrected chi connectivity index (χ2v) is 9.34. The van der Waals surface area contributed by atoms with E-state index in [2.05, 4.69) is 28.4 Å². The summed E-state index contributed by atoms with van der Waals surface area (Å²) in [6, 6.07) is 1.70. The third kappa shape index (κ3) is 5.95. The zero-order chi connectivity index (χ0) is 17.6. The van der Waals surface area contributed by atoms with E-state index in [1.807, 2.05) is 0 Å². The number of piperidine rings is 1. The molecule has 0 amide bonds. The first-order chi connectivity index (χ1) is 11.4. The van der Waals surface area contributed by atoms with Gasteiger partial charge >= 0.3 is 0 Å². The predicted molar refractivity (Wildman–Crippen MR) is 97.7 cm³/mol. The van der Waals surface area contributed by atoms with Gasteiger partial charge < -0.3 is 9.64 Å². The summed E-state index contributed by atoms with van der Waals surface area (Å²) in [7, 11) is -3.11. The highest BCUT2D eigenvalue weighted by molar-refractivity contribution is 7.89. The van der Waals surface area contributed by atoms with Gasteiger partial charge in [-0.15, -0.1) is 0 Å². The smallest absolute Gasteiger partial charge is 0.211 e. The van der Waals surface area contributed by atoms with Gasteiger partial charge in [0, 0.05) is 44.4 Å². The fraction of sp³-hybridized carbons (Fsp3) is 1.00. The highest BCUT2D eigenvalue weighted by Gasteiger charge is 2.31. The minimum atomic E-state index is -3.11. The molecule has 0 unspecified atom stereocenters. The van der Waals surface area contributed by atoms with Crippen molar-refractivity contribution >= 4 is 10.0 Å². The number of nitrogens with one attached hydrogen (secondary N) is 1. The van der Waals surface area contributed by atoms with Crippen LogP contribution >= 0.6 is 0 Å². The molecule has 0 bridgehead atoms. The van der Waals surface area contributed by atoms with Crippen molar-refractivity contribution in [1.82, 2.24) is 14.5 Å². The summed E-state index contributed by atoms with van der Waals surface area (Å²) in [5.41, 5.74) is 0. The van der Waals surface area contributed by atoms with Crippen molar-refractivity contribution in [1.29, 1.82) is 0 Å². The van der Waals surface area contributed by atoms with Crippen LogP contribution in [0.4, 0.5) is 0 Å². The van der Waals surface area contributed by atoms with Crippen molar-refractivity contribution in [3.05, 3.63) is 0 Å². The largest absolute Gasteiger partial charge is 0.381 e. The number of sulfonamides is 1. The summed E-state index contributed by atoms with van der Waals surface area (Å²) in [4.78, 5) is 5.11. The summed E-state index contributed by atoms with van der Waals surface area (Å²) < 4.78 is 31.6. The number of hydrogen-bond donors (Lipinski definition) is 1. The molecule has 142 valence electrons. The van der Waals surface area contributed by atoms with Crippen molar-refractivity contribution in [2.45, 2.75) is 64.6 Å². The number of ether oxygens (including phenoxy) is 1. The van der Waals surface area contributed by atoms with Crippen molar-refractivity contribution in [3.63, 3.8) is 0 Å². The van der Waals surface area contributed by atoms with E-state index in [1.54, 1.807) is 6.92 Å². The van der Waals surface area contributed by atoms with Crippen LogP contribution in [0, 0.1) is 0 Å². The monoisotopic (exact) mass is 361 g/mol. The zero-order valence-corrected chi connectivity index (χ0v) is 16.4. The Morgan fingerprint density at radius 3 is 2.25 bits per heavy atom. The molecule has 0 spiro atoms. The van der Waals surface area contributed by atoms with E-state index in [-0.39, 0.29) is 5.75 Å². The van der Waals surface area contributed by atoms with Crippen LogP contribution in [-0.2, 0) is 14.8 Å². The Kier molecular flexibility index (Phi) is 7.94. The van der Waals surface area contributed by atoms with Crippen molar-refractivity contribution in [3.8, 4) is 0 Å². The third-order valence-electron chi connectivity index (χ3n) is 5.43. The Morgan fingerprint density at radius 1 is 1.12 bits per heavy atom. The Morgan fingerprint density at radius 2 is 1.71 bits per heavy atom. The molecule has 2 aliphatic heterocycles. The Hall–Kier alpha value is -0.210. The fourth-order valence-electron chi connectivity index (χ4n) is 3.85. The van der Waals surface area contributed by atoms with Crippen LogP contribution in [0.5, 0.6) is 0 Å². The Labute approximate surface area is 148 Å². The lowest BCUT2D eigenvalue weighted by Gasteiger charge is -2.44. The maximum atomic E-state index is 11.7. The van der Waals surface area contributed by atoms with Crippen LogP contribution in [0.1, 0.15) is 46.5 Å². The SMILES string of the molecule is CCS(=O)(=O)NCCN(C1CCOCC1)C1CCN(C(C)C)CC1. The molecule has 2 aliphatic rings. The molecule has 0 aliphatic carbocycles. The molecule has 1 N–H and O–H groups in total. The number of hydrogen-bond acceptors (Lipinski definition) is 5. The molecule has 0 radical (unpaired) electrons. The van der Waals surface area contributed by atoms with Crippen molar-refractivity contribution in [2.75, 3.05) is 45.1 Å². The molecular formula is C17H35N3O3S. The number of rotatable bonds is 8. The number of likely N-dealkylation sites (tertiary alicyclic amines) is 1. The van der Waals surface area contributed by atoms with Crippen LogP contribution in [0.25, 0.3) is 0 Å². The molecular weight excluding hydrogens is 326 g/mol. The maximum Gasteiger partial charge on any atom is 0.211 e. The molecule has 24 heavy (non-hydrogen) atoms. The third-order valence-corrected chi connectivity index (χ3v) is 6.83. The average molecular weight is 362 g/mol. The molecule has 2 saturated heterocycles. The first-order valence-electron chi connectivity index (χ1n) is 9.48. The normalized spacial score (nSPS) is 22.5. The van der Waals surface area contributed by atoms with Crippen molar-refractivity contribution in [2.24, 2.45) is 0 Å². The molecule has 0 aromatic rings. The minimum Gasteiger partial charge on any atom is -0.381 e. The van der Waals surface area contributed by atoms with E-state index in [0.29, 0.717) is 24.7 Å². The van der Waals surface area contributed by atoms with E-state index in [1.165, 1.54) is 12.8 Å². The quantitative estimate of drug-likeness (QED) is 0.706. The molecule has 6 nitrogen and oxygen atoms in total. The van der Waals surface area contributed by atoms with E-state index in [9.17, 15) is 8.42 Å². The van der Waals surface area contributed by atoms with Gasteiger partial charge in [-0.3, -0.25) is 4.90 Å². The maximum absolute atomic E-state index is 11.7. The van der Waals surface area contributed by atoms with Crippen LogP contribution in [0.3, 0.4) is 0 Å². The van der Waals surface area contributed by atoms with Gasteiger partial charge in [-0.05, 0) is 59.5 Å². The highest BCUT2D eigenvalue weighted by atomic mass is 32.2. The van der Waals surface area contributed by atoms with E-state index in [0.717, 1.165) is 45.7 Å². The molecule has 0 aromatic carbocycles. The van der Waals surface area contributed by atoms with Crippen LogP contribution in [-0.4, -0.2) is 81.5 Å². The highest BCUT2D eigenvalue weighted by Crippen LogP contribution is 2.24. The zero-order valence-electron chi connectivity index (χ0n) is 15.5. The summed E-state index contributed by atoms with van der Waals surface area (Å²) in [5, 5.41) is 0. The van der Waals surface area contributed by atoms with Gasteiger partial charge in [0.05, 0.1) is 5.75 Å². The van der Waals surface area contributed by atoms with E-state index < -0.39 is 10.0 Å². The summed E-state index contributed by atoms with van der Waals surface area (Å²) in [5.74, 6) is 0.150. The van der Waals surface area contributed by atoms with E-state index >= 15 is 0 Å². The average Bonchev–Trinajstić information content (AvgIpc) is 2.59. The van der Waals surface area contributed by atoms with Gasteiger partial charge in [0.15, 0.2) is 0 Å². The van der Waals surface area contributed by atoms with Gasteiger partial charge in [-0.2, -0.15) is 0 Å². The van der Waals surface area contributed by atoms with Gasteiger partial charge in [-0.1, -0.05) is 0 Å². The van der Waals surface area contributed by atoms with Gasteiger partial charge in [0.25, 0.3) is 0 Å². The predicted octanol–water partition coefficient (Wildman–Crippen LogP) is 1.28. The standard InChI is InChI=1S/C17H35N3O3S/c1-4-24(21,22)18-9-12-20(17-7-13-23-14-8-17)16-5-10-19(11-6-16)15(2)3/h15-18H,4-14H2,1-3H3. The lowest BCUT2D eigenvalue weighted by atomic mass is 9.97. The molecule has 7 heteroatoms. The van der Waals surface area contributed by atoms with Gasteiger partial charge in [0.1, 0.15) is 0 Å². The molecule has 0 atom stereocenters. The van der Waals surface area contributed by atoms with Gasteiger partial charge in [-0.25, -0.2) is 13.1 Å². The minimum absolute atomic E-state index is 0.150.